The van der Waals surface area contributed by atoms with E-state index < -0.39 is 34.7 Å². The number of aliphatic hydroxyl groups is 2. The highest BCUT2D eigenvalue weighted by molar-refractivity contribution is 6.27. The average molecular weight is 216 g/mol. The molecule has 82 valence electrons. The first-order chi connectivity index (χ1) is 6.69. The smallest absolute Gasteiger partial charge is 0.358 e. The number of esters is 2. The molecule has 0 amide bonds. The molecule has 1 fully saturated rings. The summed E-state index contributed by atoms with van der Waals surface area (Å²) in [5.74, 6) is -5.76. The van der Waals surface area contributed by atoms with E-state index in [0.717, 1.165) is 13.8 Å². The van der Waals surface area contributed by atoms with Gasteiger partial charge in [0.2, 0.25) is 0 Å². The molecule has 0 bridgehead atoms. The van der Waals surface area contributed by atoms with Crippen LogP contribution in [0, 0.1) is 0 Å². The zero-order valence-corrected chi connectivity index (χ0v) is 7.94. The quantitative estimate of drug-likeness (QED) is 0.394. The molecule has 1 heterocycles. The van der Waals surface area contributed by atoms with Gasteiger partial charge < -0.3 is 14.9 Å². The Morgan fingerprint density at radius 1 is 1.00 bits per heavy atom. The van der Waals surface area contributed by atoms with Gasteiger partial charge in [0, 0.05) is 0 Å². The summed E-state index contributed by atoms with van der Waals surface area (Å²) >= 11 is 0. The first kappa shape index (κ1) is 11.5. The van der Waals surface area contributed by atoms with Gasteiger partial charge in [0.15, 0.2) is 11.6 Å². The van der Waals surface area contributed by atoms with E-state index in [2.05, 4.69) is 4.74 Å². The van der Waals surface area contributed by atoms with Crippen LogP contribution >= 0.6 is 0 Å². The molecule has 0 unspecified atom stereocenters. The van der Waals surface area contributed by atoms with Crippen molar-refractivity contribution in [3.05, 3.63) is 0 Å². The molecule has 0 aromatic carbocycles. The Morgan fingerprint density at radius 3 is 1.47 bits per heavy atom. The second-order valence-corrected chi connectivity index (χ2v) is 3.21. The normalized spacial score (nSPS) is 35.2. The maximum Gasteiger partial charge on any atom is 0.358 e. The van der Waals surface area contributed by atoms with Crippen molar-refractivity contribution in [1.29, 1.82) is 0 Å². The van der Waals surface area contributed by atoms with E-state index in [1.165, 1.54) is 0 Å². The van der Waals surface area contributed by atoms with E-state index in [0.29, 0.717) is 0 Å². The zero-order chi connectivity index (χ0) is 12.0. The Bertz CT molecular complexity index is 348. The third-order valence-electron chi connectivity index (χ3n) is 2.32. The average Bonchev–Trinajstić information content (AvgIpc) is 2.29. The van der Waals surface area contributed by atoms with Gasteiger partial charge in [-0.1, -0.05) is 0 Å². The predicted molar refractivity (Wildman–Crippen MR) is 42.4 cm³/mol. The van der Waals surface area contributed by atoms with Gasteiger partial charge in [0.1, 0.15) is 0 Å². The number of carbonyl (C=O) groups is 4. The van der Waals surface area contributed by atoms with Gasteiger partial charge in [-0.2, -0.15) is 0 Å². The van der Waals surface area contributed by atoms with Crippen molar-refractivity contribution in [3.63, 3.8) is 0 Å². The van der Waals surface area contributed by atoms with Crippen LogP contribution in [0.1, 0.15) is 13.8 Å². The predicted octanol–water partition coefficient (Wildman–Crippen LogP) is -2.29. The first-order valence-electron chi connectivity index (χ1n) is 3.92. The number of rotatable bonds is 2. The molecule has 7 heteroatoms. The van der Waals surface area contributed by atoms with Crippen LogP contribution in [0.15, 0.2) is 0 Å². The molecule has 1 rings (SSSR count). The number of hydrogen-bond donors (Lipinski definition) is 2. The monoisotopic (exact) mass is 216 g/mol. The number of cyclic esters (lactones) is 2. The topological polar surface area (TPSA) is 118 Å². The van der Waals surface area contributed by atoms with Crippen molar-refractivity contribution >= 4 is 23.5 Å². The van der Waals surface area contributed by atoms with Crippen molar-refractivity contribution in [2.24, 2.45) is 0 Å². The van der Waals surface area contributed by atoms with Crippen LogP contribution < -0.4 is 0 Å². The molecule has 1 saturated heterocycles. The van der Waals surface area contributed by atoms with Crippen LogP contribution in [-0.4, -0.2) is 44.9 Å². The van der Waals surface area contributed by atoms with Crippen LogP contribution in [0.4, 0.5) is 0 Å². The summed E-state index contributed by atoms with van der Waals surface area (Å²) in [6.07, 6.45) is 0. The summed E-state index contributed by atoms with van der Waals surface area (Å²) in [5, 5.41) is 19.2. The Hall–Kier alpha value is -1.60. The summed E-state index contributed by atoms with van der Waals surface area (Å²) in [4.78, 5) is 44.1. The van der Waals surface area contributed by atoms with Crippen LogP contribution in [0.5, 0.6) is 0 Å². The fraction of sp³-hybridized carbons (Fsp3) is 0.500. The zero-order valence-electron chi connectivity index (χ0n) is 7.94. The molecule has 1 aliphatic rings. The lowest BCUT2D eigenvalue weighted by molar-refractivity contribution is -0.179. The maximum absolute atomic E-state index is 11.0. The summed E-state index contributed by atoms with van der Waals surface area (Å²) in [6.45, 7) is 1.52. The van der Waals surface area contributed by atoms with Crippen molar-refractivity contribution in [3.8, 4) is 0 Å². The second kappa shape index (κ2) is 2.94. The lowest BCUT2D eigenvalue weighted by atomic mass is 9.79. The number of Topliss-reactive ketones (excluding diaryl/α,β-unsaturated/α-hetero) is 2. The van der Waals surface area contributed by atoms with E-state index in [1.807, 2.05) is 0 Å². The number of ketones is 2. The number of ether oxygens (including phenoxy) is 1. The molecule has 0 spiro atoms. The lowest BCUT2D eigenvalue weighted by Gasteiger charge is -2.26. The number of carbonyl (C=O) groups excluding carboxylic acids is 4. The SMILES string of the molecule is CC(=O)[C@]1(O)C(=O)OC(=O)[C@@]1(O)C(C)=O. The lowest BCUT2D eigenvalue weighted by Crippen LogP contribution is -2.64. The van der Waals surface area contributed by atoms with Gasteiger partial charge in [-0.25, -0.2) is 9.59 Å². The molecule has 7 nitrogen and oxygen atoms in total. The van der Waals surface area contributed by atoms with Gasteiger partial charge in [0.25, 0.3) is 11.2 Å². The fourth-order valence-electron chi connectivity index (χ4n) is 1.32. The molecule has 0 aliphatic carbocycles. The van der Waals surface area contributed by atoms with Gasteiger partial charge in [-0.15, -0.1) is 0 Å². The maximum atomic E-state index is 11.0. The molecule has 0 aromatic heterocycles. The first-order valence-corrected chi connectivity index (χ1v) is 3.92. The highest BCUT2D eigenvalue weighted by Crippen LogP contribution is 2.34. The molecule has 0 saturated carbocycles. The highest BCUT2D eigenvalue weighted by Gasteiger charge is 2.73. The van der Waals surface area contributed by atoms with Gasteiger partial charge in [-0.05, 0) is 13.8 Å². The van der Waals surface area contributed by atoms with E-state index in [4.69, 9.17) is 0 Å². The molecular formula is C8H8O7. The molecule has 0 aromatic rings. The number of hydrogen-bond acceptors (Lipinski definition) is 7. The van der Waals surface area contributed by atoms with Crippen LogP contribution in [0.25, 0.3) is 0 Å². The van der Waals surface area contributed by atoms with Gasteiger partial charge >= 0.3 is 11.9 Å². The Labute approximate surface area is 83.6 Å². The molecular weight excluding hydrogens is 208 g/mol. The summed E-state index contributed by atoms with van der Waals surface area (Å²) in [5.41, 5.74) is -6.29. The summed E-state index contributed by atoms with van der Waals surface area (Å²) in [6, 6.07) is 0. The largest absolute Gasteiger partial charge is 0.388 e. The van der Waals surface area contributed by atoms with Gasteiger partial charge in [0.05, 0.1) is 0 Å². The Morgan fingerprint density at radius 2 is 1.27 bits per heavy atom. The standard InChI is InChI=1S/C8H8O7/c1-3(9)7(13)5(11)15-6(12)8(7,14)4(2)10/h13-14H,1-2H3/t7-,8-/m0/s1. The third kappa shape index (κ3) is 1.07. The van der Waals surface area contributed by atoms with Crippen LogP contribution in [-0.2, 0) is 23.9 Å². The molecule has 1 aliphatic heterocycles. The van der Waals surface area contributed by atoms with Crippen molar-refractivity contribution < 1.29 is 34.1 Å². The van der Waals surface area contributed by atoms with E-state index in [9.17, 15) is 29.4 Å². The van der Waals surface area contributed by atoms with Crippen molar-refractivity contribution in [2.75, 3.05) is 0 Å². The molecule has 2 atom stereocenters. The molecule has 2 N–H and O–H groups in total. The minimum atomic E-state index is -3.14. The molecule has 15 heavy (non-hydrogen) atoms. The van der Waals surface area contributed by atoms with Crippen LogP contribution in [0.2, 0.25) is 0 Å². The molecule has 0 radical (unpaired) electrons. The Balaban J connectivity index is 3.48. The summed E-state index contributed by atoms with van der Waals surface area (Å²) < 4.78 is 3.90. The van der Waals surface area contributed by atoms with E-state index in [1.54, 1.807) is 0 Å². The minimum absolute atomic E-state index is 0.758. The van der Waals surface area contributed by atoms with E-state index >= 15 is 0 Å². The third-order valence-corrected chi connectivity index (χ3v) is 2.32. The van der Waals surface area contributed by atoms with Gasteiger partial charge in [-0.3, -0.25) is 9.59 Å². The second-order valence-electron chi connectivity index (χ2n) is 3.21. The van der Waals surface area contributed by atoms with Crippen molar-refractivity contribution in [2.45, 2.75) is 25.0 Å². The van der Waals surface area contributed by atoms with E-state index in [-0.39, 0.29) is 0 Å². The highest BCUT2D eigenvalue weighted by atomic mass is 16.6. The summed E-state index contributed by atoms with van der Waals surface area (Å²) in [7, 11) is 0. The fourth-order valence-corrected chi connectivity index (χ4v) is 1.32. The Kier molecular flexibility index (Phi) is 2.25. The van der Waals surface area contributed by atoms with Crippen LogP contribution in [0.3, 0.4) is 0 Å². The minimum Gasteiger partial charge on any atom is -0.388 e. The van der Waals surface area contributed by atoms with Crippen molar-refractivity contribution in [1.82, 2.24) is 0 Å².